The van der Waals surface area contributed by atoms with E-state index in [1.165, 1.54) is 11.0 Å². The number of rotatable bonds is 5. The van der Waals surface area contributed by atoms with Crippen LogP contribution in [-0.4, -0.2) is 64.1 Å². The van der Waals surface area contributed by atoms with Gasteiger partial charge < -0.3 is 14.7 Å². The monoisotopic (exact) mass is 461 g/mol. The normalized spacial score (nSPS) is 16.6. The zero-order chi connectivity index (χ0) is 22.2. The molecule has 2 aliphatic heterocycles. The molecule has 0 unspecified atom stereocenters. The van der Waals surface area contributed by atoms with Crippen LogP contribution < -0.4 is 9.80 Å². The molecule has 0 spiro atoms. The van der Waals surface area contributed by atoms with Gasteiger partial charge in [-0.1, -0.05) is 17.7 Å². The average Bonchev–Trinajstić information content (AvgIpc) is 3.05. The number of halogens is 1. The lowest BCUT2D eigenvalue weighted by molar-refractivity contribution is -0.131. The van der Waals surface area contributed by atoms with Gasteiger partial charge in [0, 0.05) is 56.0 Å². The number of likely N-dealkylation sites (N-methyl/N-ethyl adjacent to an activating group) is 1. The highest BCUT2D eigenvalue weighted by Crippen LogP contribution is 2.30. The molecule has 1 saturated heterocycles. The van der Waals surface area contributed by atoms with E-state index < -0.39 is 9.84 Å². The van der Waals surface area contributed by atoms with Gasteiger partial charge in [0.2, 0.25) is 11.8 Å². The van der Waals surface area contributed by atoms with Gasteiger partial charge in [0.05, 0.1) is 17.1 Å². The highest BCUT2D eigenvalue weighted by molar-refractivity contribution is 7.91. The quantitative estimate of drug-likeness (QED) is 0.683. The van der Waals surface area contributed by atoms with E-state index in [9.17, 15) is 18.0 Å². The maximum absolute atomic E-state index is 12.8. The van der Waals surface area contributed by atoms with Crippen molar-refractivity contribution >= 4 is 44.6 Å². The number of sulfone groups is 1. The molecule has 0 aliphatic carbocycles. The maximum Gasteiger partial charge on any atom is 0.231 e. The Bertz CT molecular complexity index is 1130. The first-order valence-corrected chi connectivity index (χ1v) is 12.2. The van der Waals surface area contributed by atoms with Crippen molar-refractivity contribution in [1.82, 2.24) is 4.90 Å². The summed E-state index contributed by atoms with van der Waals surface area (Å²) in [7, 11) is -1.94. The van der Waals surface area contributed by atoms with Crippen LogP contribution in [0.5, 0.6) is 0 Å². The lowest BCUT2D eigenvalue weighted by Crippen LogP contribution is -2.49. The van der Waals surface area contributed by atoms with Crippen LogP contribution in [0.2, 0.25) is 5.02 Å². The van der Waals surface area contributed by atoms with Crippen LogP contribution in [0.3, 0.4) is 0 Å². The molecule has 2 aliphatic rings. The Balaban J connectivity index is 1.34. The molecule has 164 valence electrons. The first kappa shape index (κ1) is 21.6. The van der Waals surface area contributed by atoms with Crippen LogP contribution in [0.4, 0.5) is 11.4 Å². The van der Waals surface area contributed by atoms with Gasteiger partial charge >= 0.3 is 0 Å². The van der Waals surface area contributed by atoms with Gasteiger partial charge in [0.1, 0.15) is 0 Å². The first-order chi connectivity index (χ1) is 14.7. The van der Waals surface area contributed by atoms with Crippen molar-refractivity contribution in [3.63, 3.8) is 0 Å². The maximum atomic E-state index is 12.8. The predicted octanol–water partition coefficient (Wildman–Crippen LogP) is 2.37. The Hall–Kier alpha value is -2.58. The summed E-state index contributed by atoms with van der Waals surface area (Å²) in [4.78, 5) is 30.0. The van der Waals surface area contributed by atoms with Crippen LogP contribution in [0.1, 0.15) is 12.0 Å². The lowest BCUT2D eigenvalue weighted by atomic mass is 10.2. The number of carbonyl (C=O) groups is 2. The van der Waals surface area contributed by atoms with E-state index in [2.05, 4.69) is 4.90 Å². The smallest absolute Gasteiger partial charge is 0.231 e. The summed E-state index contributed by atoms with van der Waals surface area (Å²) in [6.07, 6.45) is 0.139. The van der Waals surface area contributed by atoms with Crippen molar-refractivity contribution < 1.29 is 18.0 Å². The average molecular weight is 462 g/mol. The van der Waals surface area contributed by atoms with Crippen LogP contribution in [0, 0.1) is 0 Å². The number of anilines is 2. The van der Waals surface area contributed by atoms with Gasteiger partial charge in [-0.2, -0.15) is 0 Å². The van der Waals surface area contributed by atoms with E-state index in [1.54, 1.807) is 24.1 Å². The molecule has 4 rings (SSSR count). The molecule has 0 aromatic heterocycles. The van der Waals surface area contributed by atoms with Gasteiger partial charge in [-0.25, -0.2) is 8.42 Å². The summed E-state index contributed by atoms with van der Waals surface area (Å²) < 4.78 is 25.5. The highest BCUT2D eigenvalue weighted by atomic mass is 35.5. The molecule has 7 nitrogen and oxygen atoms in total. The molecule has 0 radical (unpaired) electrons. The number of amides is 2. The zero-order valence-electron chi connectivity index (χ0n) is 17.3. The third-order valence-corrected chi connectivity index (χ3v) is 7.83. The molecule has 2 heterocycles. The standard InChI is InChI=1S/C22H24ClN3O4S/c1-24-20-6-5-19(13-16(20)14-22(24)28)31(29,30)12-7-21(27)26-10-8-25(9-11-26)18-4-2-3-17(23)15-18/h2-6,13,15H,7-12,14H2,1H3. The van der Waals surface area contributed by atoms with Gasteiger partial charge in [-0.3, -0.25) is 9.59 Å². The van der Waals surface area contributed by atoms with Gasteiger partial charge in [0.25, 0.3) is 0 Å². The SMILES string of the molecule is CN1C(=O)Cc2cc(S(=O)(=O)CCC(=O)N3CCN(c4cccc(Cl)c4)CC3)ccc21. The fourth-order valence-corrected chi connectivity index (χ4v) is 5.49. The Morgan fingerprint density at radius 1 is 1.06 bits per heavy atom. The number of carbonyl (C=O) groups excluding carboxylic acids is 2. The summed E-state index contributed by atoms with van der Waals surface area (Å²) in [5.41, 5.74) is 2.46. The minimum Gasteiger partial charge on any atom is -0.368 e. The second-order valence-corrected chi connectivity index (χ2v) is 10.4. The fraction of sp³-hybridized carbons (Fsp3) is 0.364. The van der Waals surface area contributed by atoms with E-state index in [4.69, 9.17) is 11.6 Å². The minimum atomic E-state index is -3.61. The lowest BCUT2D eigenvalue weighted by Gasteiger charge is -2.36. The zero-order valence-corrected chi connectivity index (χ0v) is 18.8. The number of benzene rings is 2. The second-order valence-electron chi connectivity index (χ2n) is 7.84. The summed E-state index contributed by atoms with van der Waals surface area (Å²) >= 11 is 6.06. The number of piperazine rings is 1. The Morgan fingerprint density at radius 3 is 2.52 bits per heavy atom. The largest absolute Gasteiger partial charge is 0.368 e. The number of fused-ring (bicyclic) bond motifs is 1. The van der Waals surface area contributed by atoms with Crippen LogP contribution in [0.15, 0.2) is 47.4 Å². The minimum absolute atomic E-state index is 0.0587. The molecule has 2 aromatic rings. The third kappa shape index (κ3) is 4.55. The van der Waals surface area contributed by atoms with E-state index in [0.717, 1.165) is 11.4 Å². The summed E-state index contributed by atoms with van der Waals surface area (Å²) in [6, 6.07) is 12.3. The second kappa shape index (κ2) is 8.51. The molecule has 1 fully saturated rings. The van der Waals surface area contributed by atoms with Gasteiger partial charge in [0.15, 0.2) is 9.84 Å². The molecule has 0 N–H and O–H groups in total. The van der Waals surface area contributed by atoms with Crippen molar-refractivity contribution in [3.8, 4) is 0 Å². The van der Waals surface area contributed by atoms with Crippen molar-refractivity contribution in [2.75, 3.05) is 48.8 Å². The van der Waals surface area contributed by atoms with E-state index in [0.29, 0.717) is 36.8 Å². The van der Waals surface area contributed by atoms with Crippen molar-refractivity contribution in [1.29, 1.82) is 0 Å². The molecule has 2 amide bonds. The summed E-state index contributed by atoms with van der Waals surface area (Å²) in [6.45, 7) is 2.42. The number of hydrogen-bond acceptors (Lipinski definition) is 5. The third-order valence-electron chi connectivity index (χ3n) is 5.88. The first-order valence-electron chi connectivity index (χ1n) is 10.1. The summed E-state index contributed by atoms with van der Waals surface area (Å²) in [5, 5.41) is 0.670. The Morgan fingerprint density at radius 2 is 1.81 bits per heavy atom. The van der Waals surface area contributed by atoms with E-state index in [1.807, 2.05) is 24.3 Å². The van der Waals surface area contributed by atoms with E-state index >= 15 is 0 Å². The van der Waals surface area contributed by atoms with Crippen molar-refractivity contribution in [3.05, 3.63) is 53.1 Å². The van der Waals surface area contributed by atoms with Gasteiger partial charge in [-0.15, -0.1) is 0 Å². The molecular weight excluding hydrogens is 438 g/mol. The molecular formula is C22H24ClN3O4S. The molecule has 0 saturated carbocycles. The highest BCUT2D eigenvalue weighted by Gasteiger charge is 2.27. The molecule has 9 heteroatoms. The van der Waals surface area contributed by atoms with Crippen molar-refractivity contribution in [2.45, 2.75) is 17.7 Å². The predicted molar refractivity (Wildman–Crippen MR) is 120 cm³/mol. The Labute approximate surface area is 187 Å². The molecule has 31 heavy (non-hydrogen) atoms. The van der Waals surface area contributed by atoms with Crippen LogP contribution in [-0.2, 0) is 25.8 Å². The Kier molecular flexibility index (Phi) is 5.94. The van der Waals surface area contributed by atoms with E-state index in [-0.39, 0.29) is 35.3 Å². The van der Waals surface area contributed by atoms with Gasteiger partial charge in [-0.05, 0) is 42.0 Å². The number of hydrogen-bond donors (Lipinski definition) is 0. The topological polar surface area (TPSA) is 78.0 Å². The molecule has 2 aromatic carbocycles. The fourth-order valence-electron chi connectivity index (χ4n) is 4.02. The molecule has 0 atom stereocenters. The van der Waals surface area contributed by atoms with Crippen LogP contribution in [0.25, 0.3) is 0 Å². The van der Waals surface area contributed by atoms with Crippen molar-refractivity contribution in [2.24, 2.45) is 0 Å². The number of nitrogens with zero attached hydrogens (tertiary/aromatic N) is 3. The summed E-state index contributed by atoms with van der Waals surface area (Å²) in [5.74, 6) is -0.467. The van der Waals surface area contributed by atoms with Crippen LogP contribution >= 0.6 is 11.6 Å². The molecule has 0 bridgehead atoms.